The summed E-state index contributed by atoms with van der Waals surface area (Å²) in [4.78, 5) is 13.0. The van der Waals surface area contributed by atoms with Gasteiger partial charge in [-0.1, -0.05) is 13.0 Å². The van der Waals surface area contributed by atoms with Gasteiger partial charge in [0.05, 0.1) is 6.10 Å². The van der Waals surface area contributed by atoms with Crippen molar-refractivity contribution >= 4 is 28.5 Å². The van der Waals surface area contributed by atoms with E-state index in [0.717, 1.165) is 25.0 Å². The van der Waals surface area contributed by atoms with Crippen LogP contribution in [-0.4, -0.2) is 31.0 Å². The number of nitrogens with zero attached hydrogens (tertiary/aromatic N) is 1. The van der Waals surface area contributed by atoms with Crippen LogP contribution in [0.1, 0.15) is 26.2 Å². The predicted octanol–water partition coefficient (Wildman–Crippen LogP) is 3.87. The van der Waals surface area contributed by atoms with Crippen molar-refractivity contribution in [2.45, 2.75) is 32.3 Å². The van der Waals surface area contributed by atoms with E-state index in [2.05, 4.69) is 29.5 Å². The molecule has 0 N–H and O–H groups in total. The van der Waals surface area contributed by atoms with E-state index in [1.54, 1.807) is 25.1 Å². The van der Waals surface area contributed by atoms with Gasteiger partial charge in [0.2, 0.25) is 5.91 Å². The Hall–Kier alpha value is -1.04. The summed E-state index contributed by atoms with van der Waals surface area (Å²) in [5, 5.41) is 0. The molecule has 0 saturated carbocycles. The van der Waals surface area contributed by atoms with Crippen molar-refractivity contribution in [3.05, 3.63) is 40.0 Å². The Labute approximate surface area is 135 Å². The Kier molecular flexibility index (Phi) is 7.65. The van der Waals surface area contributed by atoms with Crippen LogP contribution in [-0.2, 0) is 4.79 Å². The van der Waals surface area contributed by atoms with Crippen LogP contribution in [0.5, 0.6) is 5.75 Å². The van der Waals surface area contributed by atoms with Gasteiger partial charge in [-0.25, -0.2) is 0 Å². The van der Waals surface area contributed by atoms with Crippen LogP contribution in [0.3, 0.4) is 0 Å². The van der Waals surface area contributed by atoms with E-state index in [9.17, 15) is 4.79 Å². The summed E-state index contributed by atoms with van der Waals surface area (Å²) < 4.78 is 7.14. The van der Waals surface area contributed by atoms with Crippen molar-refractivity contribution < 1.29 is 9.53 Å². The average Bonchev–Trinajstić information content (AvgIpc) is 2.43. The molecular weight excluding hydrogens is 365 g/mol. The fourth-order valence-corrected chi connectivity index (χ4v) is 2.03. The zero-order valence-corrected chi connectivity index (χ0v) is 14.5. The number of halogens is 1. The first-order valence-corrected chi connectivity index (χ1v) is 7.90. The monoisotopic (exact) mass is 387 g/mol. The highest BCUT2D eigenvalue weighted by Gasteiger charge is 2.07. The predicted molar refractivity (Wildman–Crippen MR) is 90.9 cm³/mol. The number of ether oxygens (including phenoxy) is 1. The number of likely N-dealkylation sites (N-methyl/N-ethyl adjacent to an activating group) is 1. The van der Waals surface area contributed by atoms with E-state index < -0.39 is 0 Å². The molecular formula is C16H22INO2. The highest BCUT2D eigenvalue weighted by atomic mass is 127. The van der Waals surface area contributed by atoms with Crippen molar-refractivity contribution in [1.82, 2.24) is 4.90 Å². The molecule has 0 spiro atoms. The number of hydrogen-bond donors (Lipinski definition) is 0. The standard InChI is InChI=1S/C16H22INO2/c1-4-14(7-5-6-8-16(19)18(2)3)20-15-11-9-13(17)10-12-15/h6,8-12,14H,4-5,7H2,1-3H3/b8-6+. The SMILES string of the molecule is CCC(CC/C=C/C(=O)N(C)C)Oc1ccc(I)cc1. The molecule has 1 unspecified atom stereocenters. The second-order valence-corrected chi connectivity index (χ2v) is 6.06. The van der Waals surface area contributed by atoms with Crippen molar-refractivity contribution in [2.75, 3.05) is 14.1 Å². The molecule has 0 aromatic heterocycles. The quantitative estimate of drug-likeness (QED) is 0.525. The van der Waals surface area contributed by atoms with Crippen molar-refractivity contribution in [3.63, 3.8) is 0 Å². The Balaban J connectivity index is 2.40. The summed E-state index contributed by atoms with van der Waals surface area (Å²) in [7, 11) is 3.50. The number of rotatable bonds is 7. The number of benzene rings is 1. The van der Waals surface area contributed by atoms with E-state index in [1.807, 2.05) is 30.3 Å². The minimum Gasteiger partial charge on any atom is -0.490 e. The Morgan fingerprint density at radius 1 is 1.35 bits per heavy atom. The van der Waals surface area contributed by atoms with Crippen LogP contribution in [0.25, 0.3) is 0 Å². The van der Waals surface area contributed by atoms with E-state index >= 15 is 0 Å². The van der Waals surface area contributed by atoms with Crippen LogP contribution in [0.2, 0.25) is 0 Å². The summed E-state index contributed by atoms with van der Waals surface area (Å²) >= 11 is 2.28. The smallest absolute Gasteiger partial charge is 0.245 e. The molecule has 0 fully saturated rings. The third-order valence-electron chi connectivity index (χ3n) is 2.93. The molecule has 0 saturated heterocycles. The van der Waals surface area contributed by atoms with Gasteiger partial charge in [-0.2, -0.15) is 0 Å². The number of allylic oxidation sites excluding steroid dienone is 1. The van der Waals surface area contributed by atoms with Gasteiger partial charge in [0.15, 0.2) is 0 Å². The normalized spacial score (nSPS) is 12.4. The summed E-state index contributed by atoms with van der Waals surface area (Å²) in [5.74, 6) is 0.933. The fraction of sp³-hybridized carbons (Fsp3) is 0.438. The molecule has 0 aliphatic carbocycles. The first-order chi connectivity index (χ1) is 9.52. The zero-order chi connectivity index (χ0) is 15.0. The number of carbonyl (C=O) groups excluding carboxylic acids is 1. The largest absolute Gasteiger partial charge is 0.490 e. The highest BCUT2D eigenvalue weighted by Crippen LogP contribution is 2.18. The zero-order valence-electron chi connectivity index (χ0n) is 12.3. The van der Waals surface area contributed by atoms with Crippen LogP contribution in [0.4, 0.5) is 0 Å². The number of amides is 1. The van der Waals surface area contributed by atoms with E-state index in [0.29, 0.717) is 0 Å². The third kappa shape index (κ3) is 6.41. The molecule has 20 heavy (non-hydrogen) atoms. The second-order valence-electron chi connectivity index (χ2n) is 4.81. The van der Waals surface area contributed by atoms with Gasteiger partial charge in [0, 0.05) is 17.7 Å². The summed E-state index contributed by atoms with van der Waals surface area (Å²) in [6, 6.07) is 8.07. The third-order valence-corrected chi connectivity index (χ3v) is 3.65. The highest BCUT2D eigenvalue weighted by molar-refractivity contribution is 14.1. The van der Waals surface area contributed by atoms with E-state index in [1.165, 1.54) is 3.57 Å². The number of carbonyl (C=O) groups is 1. The van der Waals surface area contributed by atoms with Gasteiger partial charge < -0.3 is 9.64 Å². The molecule has 0 aliphatic rings. The molecule has 0 heterocycles. The second kappa shape index (κ2) is 9.00. The van der Waals surface area contributed by atoms with Crippen molar-refractivity contribution in [1.29, 1.82) is 0 Å². The molecule has 0 bridgehead atoms. The van der Waals surface area contributed by atoms with Crippen molar-refractivity contribution in [2.24, 2.45) is 0 Å². The first kappa shape index (κ1) is 17.0. The minimum absolute atomic E-state index is 0.0246. The lowest BCUT2D eigenvalue weighted by molar-refractivity contribution is -0.123. The van der Waals surface area contributed by atoms with E-state index in [-0.39, 0.29) is 12.0 Å². The molecule has 3 nitrogen and oxygen atoms in total. The topological polar surface area (TPSA) is 29.5 Å². The first-order valence-electron chi connectivity index (χ1n) is 6.83. The van der Waals surface area contributed by atoms with Crippen LogP contribution in [0.15, 0.2) is 36.4 Å². The molecule has 0 aliphatic heterocycles. The summed E-state index contributed by atoms with van der Waals surface area (Å²) in [6.45, 7) is 2.12. The van der Waals surface area contributed by atoms with Crippen LogP contribution >= 0.6 is 22.6 Å². The van der Waals surface area contributed by atoms with Gasteiger partial charge in [0.25, 0.3) is 0 Å². The molecule has 1 aromatic carbocycles. The fourth-order valence-electron chi connectivity index (χ4n) is 1.67. The lowest BCUT2D eigenvalue weighted by atomic mass is 10.1. The number of hydrogen-bond acceptors (Lipinski definition) is 2. The minimum atomic E-state index is 0.0246. The maximum Gasteiger partial charge on any atom is 0.245 e. The molecule has 1 rings (SSSR count). The van der Waals surface area contributed by atoms with Gasteiger partial charge in [0.1, 0.15) is 5.75 Å². The molecule has 0 radical (unpaired) electrons. The molecule has 1 amide bonds. The molecule has 1 atom stereocenters. The molecule has 1 aromatic rings. The van der Waals surface area contributed by atoms with Gasteiger partial charge in [-0.3, -0.25) is 4.79 Å². The molecule has 110 valence electrons. The van der Waals surface area contributed by atoms with Crippen molar-refractivity contribution in [3.8, 4) is 5.75 Å². The average molecular weight is 387 g/mol. The maximum absolute atomic E-state index is 11.4. The Morgan fingerprint density at radius 3 is 2.55 bits per heavy atom. The summed E-state index contributed by atoms with van der Waals surface area (Å²) in [6.07, 6.45) is 6.46. The van der Waals surface area contributed by atoms with Gasteiger partial charge >= 0.3 is 0 Å². The summed E-state index contributed by atoms with van der Waals surface area (Å²) in [5.41, 5.74) is 0. The maximum atomic E-state index is 11.4. The van der Waals surface area contributed by atoms with Gasteiger partial charge in [-0.15, -0.1) is 0 Å². The lowest BCUT2D eigenvalue weighted by Gasteiger charge is -2.16. The lowest BCUT2D eigenvalue weighted by Crippen LogP contribution is -2.19. The van der Waals surface area contributed by atoms with Crippen LogP contribution in [0, 0.1) is 3.57 Å². The molecule has 4 heteroatoms. The Morgan fingerprint density at radius 2 is 2.00 bits per heavy atom. The van der Waals surface area contributed by atoms with Crippen LogP contribution < -0.4 is 4.74 Å². The Bertz CT molecular complexity index is 440. The van der Waals surface area contributed by atoms with Gasteiger partial charge in [-0.05, 0) is 72.2 Å². The van der Waals surface area contributed by atoms with E-state index in [4.69, 9.17) is 4.74 Å².